The van der Waals surface area contributed by atoms with Crippen molar-refractivity contribution in [3.8, 4) is 0 Å². The molecule has 0 spiro atoms. The van der Waals surface area contributed by atoms with Crippen LogP contribution in [0.15, 0.2) is 24.4 Å². The van der Waals surface area contributed by atoms with Gasteiger partial charge in [-0.15, -0.1) is 11.3 Å². The second-order valence-corrected chi connectivity index (χ2v) is 6.75. The number of aromatic nitrogens is 1. The summed E-state index contributed by atoms with van der Waals surface area (Å²) in [5.41, 5.74) is 1.14. The van der Waals surface area contributed by atoms with Gasteiger partial charge in [-0.1, -0.05) is 0 Å². The van der Waals surface area contributed by atoms with Crippen molar-refractivity contribution in [2.24, 2.45) is 0 Å². The van der Waals surface area contributed by atoms with Crippen LogP contribution in [0.5, 0.6) is 0 Å². The highest BCUT2D eigenvalue weighted by atomic mass is 32.1. The fourth-order valence-electron chi connectivity index (χ4n) is 2.84. The molecule has 3 heterocycles. The molecule has 1 unspecified atom stereocenters. The number of amides is 1. The van der Waals surface area contributed by atoms with Crippen LogP contribution in [0.4, 0.5) is 4.39 Å². The number of hydrogen-bond donors (Lipinski definition) is 0. The van der Waals surface area contributed by atoms with E-state index in [1.54, 1.807) is 18.3 Å². The summed E-state index contributed by atoms with van der Waals surface area (Å²) < 4.78 is 13.1. The zero-order valence-corrected chi connectivity index (χ0v) is 12.9. The number of aryl methyl sites for hydroxylation is 2. The van der Waals surface area contributed by atoms with Crippen molar-refractivity contribution in [1.82, 2.24) is 9.88 Å². The monoisotopic (exact) mass is 304 g/mol. The maximum atomic E-state index is 13.1. The number of carbonyl (C=O) groups is 1. The summed E-state index contributed by atoms with van der Waals surface area (Å²) in [6.45, 7) is 4.57. The number of likely N-dealkylation sites (tertiary alicyclic amines) is 1. The summed E-state index contributed by atoms with van der Waals surface area (Å²) in [5, 5.41) is 0. The fraction of sp³-hybridized carbons (Fsp3) is 0.375. The number of halogens is 1. The highest BCUT2D eigenvalue weighted by Crippen LogP contribution is 2.36. The van der Waals surface area contributed by atoms with Gasteiger partial charge in [0.25, 0.3) is 5.91 Å². The van der Waals surface area contributed by atoms with Gasteiger partial charge in [-0.05, 0) is 50.5 Å². The van der Waals surface area contributed by atoms with Crippen molar-refractivity contribution in [2.45, 2.75) is 32.7 Å². The minimum atomic E-state index is -0.545. The molecular weight excluding hydrogens is 287 g/mol. The van der Waals surface area contributed by atoms with Crippen LogP contribution in [0.1, 0.15) is 44.6 Å². The van der Waals surface area contributed by atoms with E-state index in [4.69, 9.17) is 0 Å². The van der Waals surface area contributed by atoms with Crippen molar-refractivity contribution in [3.05, 3.63) is 51.2 Å². The van der Waals surface area contributed by atoms with Crippen LogP contribution in [0.2, 0.25) is 0 Å². The number of rotatable bonds is 2. The van der Waals surface area contributed by atoms with Crippen molar-refractivity contribution in [1.29, 1.82) is 0 Å². The minimum absolute atomic E-state index is 0.0476. The summed E-state index contributed by atoms with van der Waals surface area (Å²) >= 11 is 1.74. The third-order valence-electron chi connectivity index (χ3n) is 3.91. The Morgan fingerprint density at radius 3 is 2.90 bits per heavy atom. The Hall–Kier alpha value is -1.75. The lowest BCUT2D eigenvalue weighted by molar-refractivity contribution is 0.0736. The van der Waals surface area contributed by atoms with E-state index in [-0.39, 0.29) is 11.9 Å². The van der Waals surface area contributed by atoms with E-state index in [0.717, 1.165) is 19.4 Å². The molecule has 3 rings (SSSR count). The Bertz CT molecular complexity index is 683. The van der Waals surface area contributed by atoms with E-state index in [0.29, 0.717) is 11.1 Å². The van der Waals surface area contributed by atoms with Gasteiger partial charge in [0.05, 0.1) is 11.6 Å². The molecule has 0 aliphatic carbocycles. The molecule has 0 aromatic carbocycles. The molecule has 1 fully saturated rings. The molecule has 1 atom stereocenters. The quantitative estimate of drug-likeness (QED) is 0.789. The highest BCUT2D eigenvalue weighted by Gasteiger charge is 2.32. The predicted molar refractivity (Wildman–Crippen MR) is 81.0 cm³/mol. The van der Waals surface area contributed by atoms with E-state index in [9.17, 15) is 9.18 Å². The second kappa shape index (κ2) is 5.56. The predicted octanol–water partition coefficient (Wildman–Crippen LogP) is 3.88. The first-order valence-electron chi connectivity index (χ1n) is 7.05. The van der Waals surface area contributed by atoms with E-state index in [1.165, 1.54) is 22.0 Å². The van der Waals surface area contributed by atoms with Gasteiger partial charge in [0.2, 0.25) is 5.95 Å². The zero-order valence-electron chi connectivity index (χ0n) is 12.1. The first-order chi connectivity index (χ1) is 10.1. The minimum Gasteiger partial charge on any atom is -0.331 e. The number of pyridine rings is 1. The third-order valence-corrected chi connectivity index (χ3v) is 5.01. The average Bonchev–Trinajstić information content (AvgIpc) is 3.06. The summed E-state index contributed by atoms with van der Waals surface area (Å²) in [6.07, 6.45) is 3.34. The average molecular weight is 304 g/mol. The van der Waals surface area contributed by atoms with Crippen LogP contribution < -0.4 is 0 Å². The maximum Gasteiger partial charge on any atom is 0.256 e. The van der Waals surface area contributed by atoms with Crippen LogP contribution in [-0.2, 0) is 0 Å². The number of hydrogen-bond acceptors (Lipinski definition) is 3. The largest absolute Gasteiger partial charge is 0.331 e. The number of nitrogens with zero attached hydrogens (tertiary/aromatic N) is 2. The second-order valence-electron chi connectivity index (χ2n) is 5.43. The lowest BCUT2D eigenvalue weighted by atomic mass is 10.1. The summed E-state index contributed by atoms with van der Waals surface area (Å²) in [4.78, 5) is 20.7. The summed E-state index contributed by atoms with van der Waals surface area (Å²) in [7, 11) is 0. The molecule has 1 aliphatic heterocycles. The van der Waals surface area contributed by atoms with E-state index < -0.39 is 5.95 Å². The van der Waals surface area contributed by atoms with Crippen LogP contribution in [-0.4, -0.2) is 22.3 Å². The standard InChI is InChI=1S/C16H17FN2OS/c1-10-8-15(17)18-9-12(10)16(20)19-7-3-4-13(19)14-6-5-11(2)21-14/h5-6,8-9,13H,3-4,7H2,1-2H3. The van der Waals surface area contributed by atoms with Gasteiger partial charge in [0.1, 0.15) is 0 Å². The normalized spacial score (nSPS) is 18.2. The van der Waals surface area contributed by atoms with Crippen LogP contribution in [0, 0.1) is 19.8 Å². The topological polar surface area (TPSA) is 33.2 Å². The van der Waals surface area contributed by atoms with Gasteiger partial charge in [0, 0.05) is 22.5 Å². The van der Waals surface area contributed by atoms with Crippen molar-refractivity contribution in [2.75, 3.05) is 6.54 Å². The molecule has 21 heavy (non-hydrogen) atoms. The Morgan fingerprint density at radius 1 is 1.43 bits per heavy atom. The first kappa shape index (κ1) is 14.2. The van der Waals surface area contributed by atoms with Gasteiger partial charge in [-0.25, -0.2) is 4.98 Å². The van der Waals surface area contributed by atoms with Crippen molar-refractivity contribution >= 4 is 17.2 Å². The fourth-order valence-corrected chi connectivity index (χ4v) is 3.86. The third kappa shape index (κ3) is 2.70. The van der Waals surface area contributed by atoms with Crippen LogP contribution >= 0.6 is 11.3 Å². The smallest absolute Gasteiger partial charge is 0.256 e. The number of thiophene rings is 1. The van der Waals surface area contributed by atoms with Gasteiger partial charge < -0.3 is 4.90 Å². The molecule has 0 radical (unpaired) electrons. The van der Waals surface area contributed by atoms with Gasteiger partial charge >= 0.3 is 0 Å². The number of carbonyl (C=O) groups excluding carboxylic acids is 1. The molecule has 0 bridgehead atoms. The summed E-state index contributed by atoms with van der Waals surface area (Å²) in [5.74, 6) is -0.593. The van der Waals surface area contributed by atoms with Crippen LogP contribution in [0.3, 0.4) is 0 Å². The molecule has 3 nitrogen and oxygen atoms in total. The van der Waals surface area contributed by atoms with Crippen molar-refractivity contribution < 1.29 is 9.18 Å². The molecule has 1 aliphatic rings. The SMILES string of the molecule is Cc1ccc(C2CCCN2C(=O)c2cnc(F)cc2C)s1. The molecule has 2 aromatic rings. The van der Waals surface area contributed by atoms with Gasteiger partial charge in [-0.3, -0.25) is 4.79 Å². The molecule has 5 heteroatoms. The van der Waals surface area contributed by atoms with Crippen LogP contribution in [0.25, 0.3) is 0 Å². The lowest BCUT2D eigenvalue weighted by Crippen LogP contribution is -2.30. The molecular formula is C16H17FN2OS. The maximum absolute atomic E-state index is 13.1. The van der Waals surface area contributed by atoms with E-state index >= 15 is 0 Å². The molecule has 1 saturated heterocycles. The molecule has 110 valence electrons. The van der Waals surface area contributed by atoms with E-state index in [2.05, 4.69) is 24.0 Å². The highest BCUT2D eigenvalue weighted by molar-refractivity contribution is 7.12. The Kier molecular flexibility index (Phi) is 3.76. The Balaban J connectivity index is 1.89. The van der Waals surface area contributed by atoms with Crippen molar-refractivity contribution in [3.63, 3.8) is 0 Å². The molecule has 0 N–H and O–H groups in total. The molecule has 0 saturated carbocycles. The Labute approximate surface area is 127 Å². The van der Waals surface area contributed by atoms with Gasteiger partial charge in [0.15, 0.2) is 0 Å². The first-order valence-corrected chi connectivity index (χ1v) is 7.87. The van der Waals surface area contributed by atoms with Gasteiger partial charge in [-0.2, -0.15) is 4.39 Å². The lowest BCUT2D eigenvalue weighted by Gasteiger charge is -2.24. The Morgan fingerprint density at radius 2 is 2.24 bits per heavy atom. The summed E-state index contributed by atoms with van der Waals surface area (Å²) in [6, 6.07) is 5.64. The molecule has 1 amide bonds. The zero-order chi connectivity index (χ0) is 15.0. The molecule has 2 aromatic heterocycles. The van der Waals surface area contributed by atoms with E-state index in [1.807, 2.05) is 4.90 Å².